The number of hydrogen-bond donors (Lipinski definition) is 0. The Kier molecular flexibility index (Phi) is 3.04. The van der Waals surface area contributed by atoms with Gasteiger partial charge in [0.05, 0.1) is 39.0 Å². The quantitative estimate of drug-likeness (QED) is 0.448. The lowest BCUT2D eigenvalue weighted by molar-refractivity contribution is -0.579. The van der Waals surface area contributed by atoms with Crippen LogP contribution in [0.4, 0.5) is 0 Å². The molecule has 0 amide bonds. The summed E-state index contributed by atoms with van der Waals surface area (Å²) in [5.41, 5.74) is -0.276. The number of ketones is 1. The number of hydrogen-bond acceptors (Lipinski definition) is 6. The Morgan fingerprint density at radius 1 is 1.14 bits per heavy atom. The maximum absolute atomic E-state index is 12.8. The van der Waals surface area contributed by atoms with Gasteiger partial charge >= 0.3 is 0 Å². The first-order valence-electron chi connectivity index (χ1n) is 7.50. The van der Waals surface area contributed by atoms with Gasteiger partial charge in [-0.15, -0.1) is 0 Å². The zero-order valence-corrected chi connectivity index (χ0v) is 12.2. The molecule has 0 radical (unpaired) electrons. The van der Waals surface area contributed by atoms with Crippen LogP contribution in [0.1, 0.15) is 10.4 Å². The summed E-state index contributed by atoms with van der Waals surface area (Å²) in [6.45, 7) is 3.20. The third kappa shape index (κ3) is 2.05. The number of nitro groups is 1. The van der Waals surface area contributed by atoms with E-state index >= 15 is 0 Å². The molecule has 5 rings (SSSR count). The average Bonchev–Trinajstić information content (AvgIpc) is 2.70. The first-order chi connectivity index (χ1) is 10.6. The summed E-state index contributed by atoms with van der Waals surface area (Å²) in [4.78, 5) is 30.4. The highest BCUT2D eigenvalue weighted by Crippen LogP contribution is 2.32. The maximum atomic E-state index is 12.8. The number of rotatable bonds is 3. The fraction of sp³-hybridized carbons (Fsp3) is 0.533. The summed E-state index contributed by atoms with van der Waals surface area (Å²) in [5.74, 6) is 0.0634. The second kappa shape index (κ2) is 4.84. The third-order valence-electron chi connectivity index (χ3n) is 4.94. The van der Waals surface area contributed by atoms with Crippen molar-refractivity contribution in [3.63, 3.8) is 0 Å². The molecule has 1 aromatic rings. The van der Waals surface area contributed by atoms with Crippen molar-refractivity contribution in [2.75, 3.05) is 39.5 Å². The van der Waals surface area contributed by atoms with Crippen LogP contribution in [0, 0.1) is 10.1 Å². The first-order valence-corrected chi connectivity index (χ1v) is 7.50. The number of nitrogens with zero attached hydrogens (tertiary/aromatic N) is 4. The Labute approximate surface area is 128 Å². The second-order valence-corrected chi connectivity index (χ2v) is 6.60. The number of benzene rings is 1. The minimum absolute atomic E-state index is 0.0634. The molecule has 0 aromatic heterocycles. The lowest BCUT2D eigenvalue weighted by atomic mass is 9.94. The fourth-order valence-electron chi connectivity index (χ4n) is 4.05. The summed E-state index contributed by atoms with van der Waals surface area (Å²) >= 11 is 0. The topological polar surface area (TPSA) is 69.9 Å². The molecular formula is C15H18N4O3. The molecule has 4 bridgehead atoms. The van der Waals surface area contributed by atoms with Gasteiger partial charge in [0, 0.05) is 17.0 Å². The minimum Gasteiger partial charge on any atom is -0.292 e. The van der Waals surface area contributed by atoms with Crippen molar-refractivity contribution in [3.8, 4) is 0 Å². The molecule has 0 saturated carbocycles. The summed E-state index contributed by atoms with van der Waals surface area (Å²) in [7, 11) is 0. The predicted octanol–water partition coefficient (Wildman–Crippen LogP) is 0.115. The summed E-state index contributed by atoms with van der Waals surface area (Å²) in [6.07, 6.45) is 0. The molecule has 4 heterocycles. The van der Waals surface area contributed by atoms with E-state index in [0.29, 0.717) is 45.1 Å². The van der Waals surface area contributed by atoms with Gasteiger partial charge in [0.15, 0.2) is 5.78 Å². The molecule has 4 saturated heterocycles. The van der Waals surface area contributed by atoms with Gasteiger partial charge in [0.1, 0.15) is 0 Å². The molecule has 5 atom stereocenters. The van der Waals surface area contributed by atoms with Crippen LogP contribution in [-0.4, -0.2) is 76.5 Å². The van der Waals surface area contributed by atoms with Gasteiger partial charge in [-0.05, 0) is 0 Å². The van der Waals surface area contributed by atoms with Crippen molar-refractivity contribution in [2.45, 2.75) is 11.6 Å². The molecule has 4 aliphatic heterocycles. The number of fused-ring (bicyclic) bond motifs is 1. The summed E-state index contributed by atoms with van der Waals surface area (Å²) < 4.78 is 0. The van der Waals surface area contributed by atoms with Crippen molar-refractivity contribution < 1.29 is 9.72 Å². The molecule has 3 unspecified atom stereocenters. The van der Waals surface area contributed by atoms with Crippen molar-refractivity contribution >= 4 is 5.78 Å². The van der Waals surface area contributed by atoms with Crippen LogP contribution in [0.5, 0.6) is 0 Å². The maximum Gasteiger partial charge on any atom is 0.259 e. The zero-order chi connectivity index (χ0) is 15.3. The van der Waals surface area contributed by atoms with Gasteiger partial charge in [0.2, 0.25) is 0 Å². The fourth-order valence-corrected chi connectivity index (χ4v) is 4.05. The van der Waals surface area contributed by atoms with Crippen LogP contribution in [0.25, 0.3) is 0 Å². The molecule has 22 heavy (non-hydrogen) atoms. The highest BCUT2D eigenvalue weighted by atomic mass is 16.6. The lowest BCUT2D eigenvalue weighted by Gasteiger charge is -2.46. The molecule has 4 fully saturated rings. The van der Waals surface area contributed by atoms with Gasteiger partial charge in [-0.2, -0.15) is 0 Å². The number of carbonyl (C=O) groups is 1. The van der Waals surface area contributed by atoms with Crippen molar-refractivity contribution in [1.82, 2.24) is 14.7 Å². The molecule has 7 nitrogen and oxygen atoms in total. The Hall–Kier alpha value is -1.83. The Morgan fingerprint density at radius 3 is 2.59 bits per heavy atom. The SMILES string of the molecule is O=C(c1ccccc1)[C@H]1CN2CN3CN1C[C@@]([N+](=O)[O-])(C2)C3. The van der Waals surface area contributed by atoms with Crippen molar-refractivity contribution in [2.24, 2.45) is 0 Å². The van der Waals surface area contributed by atoms with E-state index in [4.69, 9.17) is 0 Å². The predicted molar refractivity (Wildman–Crippen MR) is 79.0 cm³/mol. The lowest BCUT2D eigenvalue weighted by Crippen LogP contribution is -2.69. The monoisotopic (exact) mass is 302 g/mol. The Morgan fingerprint density at radius 2 is 1.86 bits per heavy atom. The van der Waals surface area contributed by atoms with E-state index in [2.05, 4.69) is 9.80 Å². The van der Waals surface area contributed by atoms with E-state index < -0.39 is 5.54 Å². The first kappa shape index (κ1) is 13.8. The molecule has 116 valence electrons. The smallest absolute Gasteiger partial charge is 0.259 e. The van der Waals surface area contributed by atoms with Gasteiger partial charge in [-0.1, -0.05) is 30.3 Å². The van der Waals surface area contributed by atoms with Crippen molar-refractivity contribution in [3.05, 3.63) is 46.0 Å². The van der Waals surface area contributed by atoms with E-state index in [-0.39, 0.29) is 16.7 Å². The van der Waals surface area contributed by atoms with Gasteiger partial charge < -0.3 is 0 Å². The van der Waals surface area contributed by atoms with Crippen LogP contribution in [0.2, 0.25) is 0 Å². The van der Waals surface area contributed by atoms with Crippen LogP contribution < -0.4 is 0 Å². The molecular weight excluding hydrogens is 284 g/mol. The van der Waals surface area contributed by atoms with E-state index in [9.17, 15) is 14.9 Å². The van der Waals surface area contributed by atoms with E-state index in [0.717, 1.165) is 0 Å². The number of Topliss-reactive ketones (excluding diaryl/α,β-unsaturated/α-hetero) is 1. The zero-order valence-electron chi connectivity index (χ0n) is 12.2. The van der Waals surface area contributed by atoms with Crippen molar-refractivity contribution in [1.29, 1.82) is 0 Å². The molecule has 7 heteroatoms. The third-order valence-corrected chi connectivity index (χ3v) is 4.94. The highest BCUT2D eigenvalue weighted by Gasteiger charge is 2.57. The van der Waals surface area contributed by atoms with Gasteiger partial charge in [0.25, 0.3) is 5.54 Å². The van der Waals surface area contributed by atoms with Crippen LogP contribution in [0.3, 0.4) is 0 Å². The summed E-state index contributed by atoms with van der Waals surface area (Å²) in [5, 5.41) is 11.6. The summed E-state index contributed by atoms with van der Waals surface area (Å²) in [6, 6.07) is 8.93. The van der Waals surface area contributed by atoms with Crippen LogP contribution in [-0.2, 0) is 0 Å². The van der Waals surface area contributed by atoms with E-state index in [1.165, 1.54) is 0 Å². The van der Waals surface area contributed by atoms with E-state index in [1.807, 2.05) is 35.2 Å². The van der Waals surface area contributed by atoms with Crippen LogP contribution in [0.15, 0.2) is 30.3 Å². The van der Waals surface area contributed by atoms with Gasteiger partial charge in [-0.25, -0.2) is 0 Å². The second-order valence-electron chi connectivity index (χ2n) is 6.60. The normalized spacial score (nSPS) is 39.5. The molecule has 0 aliphatic carbocycles. The van der Waals surface area contributed by atoms with Gasteiger partial charge in [-0.3, -0.25) is 29.6 Å². The molecule has 0 spiro atoms. The average molecular weight is 302 g/mol. The Bertz CT molecular complexity index is 622. The molecule has 0 N–H and O–H groups in total. The standard InChI is InChI=1S/C15H18N4O3/c20-14(12-4-2-1-3-5-12)13-6-16-7-15(19(21)22)8-17(10-16)11-18(13)9-15/h1-5,13H,6-11H2/t13-,15-/m1/s1. The molecule has 4 aliphatic rings. The molecule has 1 aromatic carbocycles. The Balaban J connectivity index is 1.67. The largest absolute Gasteiger partial charge is 0.292 e. The number of carbonyl (C=O) groups excluding carboxylic acids is 1. The van der Waals surface area contributed by atoms with Crippen LogP contribution >= 0.6 is 0 Å². The van der Waals surface area contributed by atoms with E-state index in [1.54, 1.807) is 0 Å². The minimum atomic E-state index is -0.956. The highest BCUT2D eigenvalue weighted by molar-refractivity contribution is 6.00.